The first-order chi connectivity index (χ1) is 40.9. The largest absolute Gasteiger partial charge is 1.00 e. The normalized spacial score (nSPS) is 10.6. The van der Waals surface area contributed by atoms with Crippen molar-refractivity contribution in [1.82, 2.24) is 48.8 Å². The van der Waals surface area contributed by atoms with Crippen LogP contribution in [0.1, 0.15) is 117 Å². The molecule has 0 aliphatic heterocycles. The molecule has 0 spiro atoms. The number of pyridine rings is 2. The Morgan fingerprint density at radius 2 is 0.865 bits per heavy atom. The molecule has 0 aliphatic rings. The Bertz CT molecular complexity index is 3850. The van der Waals surface area contributed by atoms with Crippen LogP contribution in [0.15, 0.2) is 166 Å². The molecule has 0 saturated heterocycles. The Balaban J connectivity index is 0.000000235. The smallest absolute Gasteiger partial charge is 0.523 e. The number of methoxy groups -OCH3 is 1. The van der Waals surface area contributed by atoms with Crippen molar-refractivity contribution >= 4 is 74.9 Å². The van der Waals surface area contributed by atoms with Crippen molar-refractivity contribution in [3.63, 3.8) is 0 Å². The number of carbonyl (C=O) groups excluding carboxylic acids is 3. The molecule has 0 fully saturated rings. The number of aromatic nitrogens is 10. The topological polar surface area (TPSA) is 239 Å². The first-order valence-corrected chi connectivity index (χ1v) is 27.2. The maximum atomic E-state index is 12.2. The summed E-state index contributed by atoms with van der Waals surface area (Å²) in [6.07, 6.45) is 16.2. The number of hydrogen-bond acceptors (Lipinski definition) is 14. The van der Waals surface area contributed by atoms with Gasteiger partial charge in [-0.3, -0.25) is 14.4 Å². The van der Waals surface area contributed by atoms with E-state index in [1.54, 1.807) is 161 Å². The average molecular weight is 1310 g/mol. The number of nitrogens with one attached hydrogen (secondary N) is 3. The Morgan fingerprint density at radius 1 is 0.494 bits per heavy atom. The predicted molar refractivity (Wildman–Crippen MR) is 326 cm³/mol. The monoisotopic (exact) mass is 1310 g/mol. The van der Waals surface area contributed by atoms with Crippen LogP contribution in [0, 0.1) is 43.7 Å². The molecule has 3 aromatic carbocycles. The summed E-state index contributed by atoms with van der Waals surface area (Å²) in [5, 5.41) is 24.2. The molecule has 9 aromatic heterocycles. The van der Waals surface area contributed by atoms with E-state index in [-0.39, 0.29) is 188 Å². The van der Waals surface area contributed by atoms with Crippen LogP contribution < -0.4 is 175 Å². The van der Waals surface area contributed by atoms with E-state index in [2.05, 4.69) is 151 Å². The summed E-state index contributed by atoms with van der Waals surface area (Å²) in [7, 11) is 1.55. The minimum Gasteiger partial charge on any atom is -0.523 e. The number of fused-ring (bicyclic) bond motifs is 3. The molecule has 12 aromatic rings. The van der Waals surface area contributed by atoms with Gasteiger partial charge in [-0.2, -0.15) is 65.8 Å². The quantitative estimate of drug-likeness (QED) is 0.147. The van der Waals surface area contributed by atoms with Crippen molar-refractivity contribution in [1.29, 1.82) is 0 Å². The predicted octanol–water partition coefficient (Wildman–Crippen LogP) is 4.51. The van der Waals surface area contributed by atoms with Crippen molar-refractivity contribution in [3.05, 3.63) is 239 Å². The molecule has 0 radical (unpaired) electrons. The van der Waals surface area contributed by atoms with Gasteiger partial charge in [0.25, 0.3) is 17.7 Å². The summed E-state index contributed by atoms with van der Waals surface area (Å²) in [6, 6.07) is 43.7. The van der Waals surface area contributed by atoms with E-state index < -0.39 is 0 Å². The minimum atomic E-state index is -0.300. The van der Waals surface area contributed by atoms with Crippen LogP contribution in [0.25, 0.3) is 16.9 Å². The van der Waals surface area contributed by atoms with Gasteiger partial charge in [0.05, 0.1) is 29.0 Å². The third-order valence-corrected chi connectivity index (χ3v) is 12.0. The summed E-state index contributed by atoms with van der Waals surface area (Å²) in [6.45, 7) is 20.5. The second-order valence-electron chi connectivity index (χ2n) is 21.7. The van der Waals surface area contributed by atoms with Crippen LogP contribution in [-0.4, -0.2) is 73.7 Å². The molecule has 20 nitrogen and oxygen atoms in total. The second kappa shape index (κ2) is 36.3. The molecular weight excluding hydrogens is 1250 g/mol. The SMILES string of the molecule is CC(C)(C)c1c[c-]no1.CC(C)(C)c1c[c-]no1.CC(C)(C)c1c[c-]no1.COc1[c-]ccc(NC(=O)c2cn3nc(C)ccc3n2)c1.O=C(Nc1cc[c-]cc1)c1cn2cc(Cl)ccc2n1.O=C(Nc1cc[c-]cc1)c1cn2cc(Cl)ccc2n1.[K+].[K+].[K+]. The number of ether oxygens (including phenoxy) is 1. The van der Waals surface area contributed by atoms with E-state index in [1.165, 1.54) is 0 Å². The van der Waals surface area contributed by atoms with Crippen LogP contribution in [0.3, 0.4) is 0 Å². The summed E-state index contributed by atoms with van der Waals surface area (Å²) < 4.78 is 24.8. The Kier molecular flexibility index (Phi) is 31.2. The number of rotatable bonds is 7. The maximum Gasteiger partial charge on any atom is 1.00 e. The van der Waals surface area contributed by atoms with Crippen molar-refractivity contribution in [3.8, 4) is 5.75 Å². The average Bonchev–Trinajstić information content (AvgIpc) is 1.96. The van der Waals surface area contributed by atoms with Gasteiger partial charge in [0.15, 0.2) is 5.65 Å². The molecule has 25 heteroatoms. The third-order valence-electron chi connectivity index (χ3n) is 11.6. The molecule has 12 rings (SSSR count). The minimum absolute atomic E-state index is 0. The Hall–Kier alpha value is -5.01. The van der Waals surface area contributed by atoms with Crippen LogP contribution in [-0.2, 0) is 16.2 Å². The summed E-state index contributed by atoms with van der Waals surface area (Å²) in [4.78, 5) is 49.0. The fourth-order valence-electron chi connectivity index (χ4n) is 7.02. The number of imidazole rings is 3. The van der Waals surface area contributed by atoms with Crippen LogP contribution >= 0.6 is 23.2 Å². The van der Waals surface area contributed by atoms with E-state index in [0.29, 0.717) is 66.9 Å². The molecule has 0 atom stereocenters. The maximum absolute atomic E-state index is 12.2. The van der Waals surface area contributed by atoms with Gasteiger partial charge < -0.3 is 43.1 Å². The molecule has 0 unspecified atom stereocenters. The zero-order valence-electron chi connectivity index (χ0n) is 52.0. The van der Waals surface area contributed by atoms with Crippen molar-refractivity contribution in [2.75, 3.05) is 23.1 Å². The molecule has 0 bridgehead atoms. The van der Waals surface area contributed by atoms with Crippen LogP contribution in [0.5, 0.6) is 5.75 Å². The van der Waals surface area contributed by atoms with Crippen molar-refractivity contribution in [2.45, 2.75) is 85.5 Å². The van der Waals surface area contributed by atoms with Gasteiger partial charge in [-0.05, 0) is 76.8 Å². The van der Waals surface area contributed by atoms with E-state index >= 15 is 0 Å². The first-order valence-electron chi connectivity index (χ1n) is 26.4. The van der Waals surface area contributed by atoms with Gasteiger partial charge in [-0.15, -0.1) is 61.1 Å². The number of anilines is 3. The summed E-state index contributed by atoms with van der Waals surface area (Å²) >= 11 is 11.8. The van der Waals surface area contributed by atoms with Gasteiger partial charge in [0.2, 0.25) is 0 Å². The van der Waals surface area contributed by atoms with Gasteiger partial charge in [-0.1, -0.05) is 103 Å². The van der Waals surface area contributed by atoms with Crippen LogP contribution in [0.2, 0.25) is 10.0 Å². The van der Waals surface area contributed by atoms with Crippen molar-refractivity contribution < 1.29 is 187 Å². The van der Waals surface area contributed by atoms with Gasteiger partial charge in [0.1, 0.15) is 28.4 Å². The molecule has 89 heavy (non-hydrogen) atoms. The Morgan fingerprint density at radius 3 is 1.24 bits per heavy atom. The zero-order chi connectivity index (χ0) is 62.0. The van der Waals surface area contributed by atoms with Gasteiger partial charge in [0, 0.05) is 30.5 Å². The van der Waals surface area contributed by atoms with Crippen LogP contribution in [0.4, 0.5) is 17.1 Å². The molecular formula is C64H61Cl2K3N13O7-3. The standard InChI is InChI=1S/C15H13N4O2.2C14H9ClN3O.3C7H10NO.3K/c1-10-6-7-14-17-13(9-19(14)18-10)15(20)16-11-4-3-5-12(8-11)21-2;2*15-10-6-7-13-17-12(9-18(13)8-10)14(19)16-11-4-2-1-3-5-11;3*1-7(2,3)6-4-5-8-9-6;;;/h3-4,6-9H,1-2H3,(H,16,20);2*2-9H,(H,16,19);3*4H,1-3H3;;;/q6*-1;3*+1. The van der Waals surface area contributed by atoms with Gasteiger partial charge in [-0.25, -0.2) is 34.9 Å². The van der Waals surface area contributed by atoms with E-state index in [0.717, 1.165) is 23.0 Å². The fraction of sp³-hybridized carbons (Fsp3) is 0.219. The number of nitrogens with zero attached hydrogens (tertiary/aromatic N) is 10. The van der Waals surface area contributed by atoms with E-state index in [9.17, 15) is 14.4 Å². The molecule has 0 saturated carbocycles. The summed E-state index contributed by atoms with van der Waals surface area (Å²) in [5.41, 5.74) is 6.05. The second-order valence-corrected chi connectivity index (χ2v) is 22.6. The van der Waals surface area contributed by atoms with Gasteiger partial charge >= 0.3 is 154 Å². The number of amides is 3. The molecule has 9 heterocycles. The molecule has 3 amide bonds. The molecule has 3 N–H and O–H groups in total. The molecule has 444 valence electrons. The van der Waals surface area contributed by atoms with E-state index in [4.69, 9.17) is 41.5 Å². The zero-order valence-corrected chi connectivity index (χ0v) is 62.9. The van der Waals surface area contributed by atoms with E-state index in [1.807, 2.05) is 19.1 Å². The molecule has 0 aliphatic carbocycles. The number of hydrogen-bond donors (Lipinski definition) is 3. The number of halogens is 2. The summed E-state index contributed by atoms with van der Waals surface area (Å²) in [5.74, 6) is 2.37. The first kappa shape index (κ1) is 76.4. The van der Waals surface area contributed by atoms with Crippen molar-refractivity contribution in [2.24, 2.45) is 0 Å². The number of benzene rings is 3. The number of aryl methyl sites for hydroxylation is 1. The third kappa shape index (κ3) is 24.5. The Labute approximate surface area is 654 Å². The fourth-order valence-corrected chi connectivity index (χ4v) is 7.36. The number of carbonyl (C=O) groups is 3.